The molecule has 7 heteroatoms. The van der Waals surface area contributed by atoms with Crippen molar-refractivity contribution in [1.29, 1.82) is 0 Å². The first kappa shape index (κ1) is 14.7. The molecule has 0 spiro atoms. The van der Waals surface area contributed by atoms with Gasteiger partial charge in [-0.15, -0.1) is 0 Å². The molecule has 0 heterocycles. The highest BCUT2D eigenvalue weighted by Gasteiger charge is 2.20. The number of ether oxygens (including phenoxy) is 1. The Morgan fingerprint density at radius 2 is 2.00 bits per heavy atom. The number of benzene rings is 1. The summed E-state index contributed by atoms with van der Waals surface area (Å²) in [7, 11) is -2.36. The molecule has 0 aliphatic carbocycles. The average molecular weight is 278 g/mol. The fraction of sp³-hybridized carbons (Fsp3) is 0.364. The summed E-state index contributed by atoms with van der Waals surface area (Å²) in [4.78, 5) is 11.6. The molecule has 1 aromatic carbocycles. The summed E-state index contributed by atoms with van der Waals surface area (Å²) in [5.41, 5.74) is -0.559. The van der Waals surface area contributed by atoms with E-state index in [0.29, 0.717) is 6.07 Å². The molecule has 0 aromatic heterocycles. The first-order chi connectivity index (χ1) is 8.35. The zero-order chi connectivity index (χ0) is 13.8. The summed E-state index contributed by atoms with van der Waals surface area (Å²) in [5, 5.41) is 0. The van der Waals surface area contributed by atoms with Gasteiger partial charge in [-0.25, -0.2) is 17.2 Å². The van der Waals surface area contributed by atoms with Gasteiger partial charge in [0.2, 0.25) is 0 Å². The average Bonchev–Trinajstić information content (AvgIpc) is 2.29. The van der Waals surface area contributed by atoms with Gasteiger partial charge in [0.15, 0.2) is 15.6 Å². The van der Waals surface area contributed by atoms with Gasteiger partial charge >= 0.3 is 0 Å². The molecule has 100 valence electrons. The number of carbonyl (C=O) groups is 1. The zero-order valence-electron chi connectivity index (χ0n) is 9.65. The van der Waals surface area contributed by atoms with E-state index in [-0.39, 0.29) is 12.4 Å². The van der Waals surface area contributed by atoms with Crippen LogP contribution in [0.4, 0.5) is 8.78 Å². The van der Waals surface area contributed by atoms with Gasteiger partial charge < -0.3 is 4.74 Å². The molecule has 0 aliphatic heterocycles. The maximum atomic E-state index is 13.2. The summed E-state index contributed by atoms with van der Waals surface area (Å²) in [6.07, 6.45) is 0. The fourth-order valence-electron chi connectivity index (χ4n) is 1.27. The van der Waals surface area contributed by atoms with Crippen molar-refractivity contribution < 1.29 is 26.7 Å². The highest BCUT2D eigenvalue weighted by atomic mass is 32.2. The maximum absolute atomic E-state index is 13.2. The fourth-order valence-corrected chi connectivity index (χ4v) is 2.39. The quantitative estimate of drug-likeness (QED) is 0.734. The van der Waals surface area contributed by atoms with Gasteiger partial charge in [0.05, 0.1) is 17.9 Å². The van der Waals surface area contributed by atoms with Crippen LogP contribution >= 0.6 is 0 Å². The Kier molecular flexibility index (Phi) is 4.92. The van der Waals surface area contributed by atoms with Gasteiger partial charge in [-0.2, -0.15) is 0 Å². The summed E-state index contributed by atoms with van der Waals surface area (Å²) in [5.74, 6) is -3.91. The molecule has 0 saturated heterocycles. The number of Topliss-reactive ketones (excluding diaryl/α,β-unsaturated/α-hetero) is 1. The largest absolute Gasteiger partial charge is 0.384 e. The van der Waals surface area contributed by atoms with E-state index in [1.165, 1.54) is 7.11 Å². The third-order valence-corrected chi connectivity index (χ3v) is 3.67. The molecule has 0 amide bonds. The monoisotopic (exact) mass is 278 g/mol. The number of ketones is 1. The van der Waals surface area contributed by atoms with E-state index in [0.717, 1.165) is 12.1 Å². The van der Waals surface area contributed by atoms with Crippen molar-refractivity contribution in [3.8, 4) is 0 Å². The second kappa shape index (κ2) is 6.01. The highest BCUT2D eigenvalue weighted by molar-refractivity contribution is 7.92. The zero-order valence-corrected chi connectivity index (χ0v) is 10.5. The molecule has 0 fully saturated rings. The molecule has 0 bridgehead atoms. The number of rotatable bonds is 6. The molecule has 18 heavy (non-hydrogen) atoms. The molecular weight excluding hydrogens is 266 g/mol. The minimum Gasteiger partial charge on any atom is -0.384 e. The van der Waals surface area contributed by atoms with Gasteiger partial charge in [-0.1, -0.05) is 0 Å². The summed E-state index contributed by atoms with van der Waals surface area (Å²) < 4.78 is 53.6. The predicted octanol–water partition coefficient (Wildman–Crippen LogP) is 1.21. The smallest absolute Gasteiger partial charge is 0.180 e. The van der Waals surface area contributed by atoms with E-state index in [1.54, 1.807) is 0 Å². The minimum absolute atomic E-state index is 0.0543. The Labute approximate surface area is 103 Å². The van der Waals surface area contributed by atoms with Crippen LogP contribution in [0.2, 0.25) is 0 Å². The summed E-state index contributed by atoms with van der Waals surface area (Å²) in [6.45, 7) is -0.0543. The van der Waals surface area contributed by atoms with E-state index >= 15 is 0 Å². The lowest BCUT2D eigenvalue weighted by molar-refractivity contribution is 0.101. The van der Waals surface area contributed by atoms with Gasteiger partial charge in [0.1, 0.15) is 17.4 Å². The van der Waals surface area contributed by atoms with Crippen LogP contribution in [0.15, 0.2) is 18.2 Å². The number of sulfone groups is 1. The van der Waals surface area contributed by atoms with Crippen molar-refractivity contribution in [3.63, 3.8) is 0 Å². The molecule has 0 atom stereocenters. The topological polar surface area (TPSA) is 60.4 Å². The first-order valence-corrected chi connectivity index (χ1v) is 6.85. The number of carbonyl (C=O) groups excluding carboxylic acids is 1. The van der Waals surface area contributed by atoms with Gasteiger partial charge in [-0.05, 0) is 18.2 Å². The molecular formula is C11H12F2O4S. The van der Waals surface area contributed by atoms with Crippen molar-refractivity contribution >= 4 is 15.6 Å². The van der Waals surface area contributed by atoms with Gasteiger partial charge in [-0.3, -0.25) is 4.79 Å². The third-order valence-electron chi connectivity index (χ3n) is 2.18. The van der Waals surface area contributed by atoms with Gasteiger partial charge in [0.25, 0.3) is 0 Å². The summed E-state index contributed by atoms with van der Waals surface area (Å²) in [6, 6.07) is 2.32. The highest BCUT2D eigenvalue weighted by Crippen LogP contribution is 2.11. The molecule has 0 radical (unpaired) electrons. The SMILES string of the molecule is COCCS(=O)(=O)CC(=O)c1cc(F)ccc1F. The Hall–Kier alpha value is -1.34. The van der Waals surface area contributed by atoms with Crippen LogP contribution in [0, 0.1) is 11.6 Å². The molecule has 0 aliphatic rings. The van der Waals surface area contributed by atoms with E-state index < -0.39 is 38.6 Å². The number of methoxy groups -OCH3 is 1. The van der Waals surface area contributed by atoms with Crippen LogP contribution < -0.4 is 0 Å². The lowest BCUT2D eigenvalue weighted by Gasteiger charge is -2.04. The molecule has 1 aromatic rings. The standard InChI is InChI=1S/C11H12F2O4S/c1-17-4-5-18(15,16)7-11(14)9-6-8(12)2-3-10(9)13/h2-3,6H,4-5,7H2,1H3. The molecule has 0 saturated carbocycles. The van der Waals surface area contributed by atoms with Crippen molar-refractivity contribution in [2.24, 2.45) is 0 Å². The van der Waals surface area contributed by atoms with Crippen LogP contribution in [0.1, 0.15) is 10.4 Å². The van der Waals surface area contributed by atoms with Crippen molar-refractivity contribution in [1.82, 2.24) is 0 Å². The second-order valence-electron chi connectivity index (χ2n) is 3.63. The van der Waals surface area contributed by atoms with E-state index in [2.05, 4.69) is 4.74 Å². The Balaban J connectivity index is 2.86. The number of hydrogen-bond donors (Lipinski definition) is 0. The van der Waals surface area contributed by atoms with Crippen LogP contribution in [0.3, 0.4) is 0 Å². The Morgan fingerprint density at radius 1 is 1.33 bits per heavy atom. The number of halogens is 2. The predicted molar refractivity (Wildman–Crippen MR) is 61.2 cm³/mol. The van der Waals surface area contributed by atoms with Crippen molar-refractivity contribution in [2.75, 3.05) is 25.2 Å². The third kappa shape index (κ3) is 4.15. The minimum atomic E-state index is -3.68. The van der Waals surface area contributed by atoms with Crippen LogP contribution in [0.5, 0.6) is 0 Å². The van der Waals surface area contributed by atoms with E-state index in [1.807, 2.05) is 0 Å². The van der Waals surface area contributed by atoms with Crippen LogP contribution in [-0.4, -0.2) is 39.4 Å². The summed E-state index contributed by atoms with van der Waals surface area (Å²) >= 11 is 0. The maximum Gasteiger partial charge on any atom is 0.180 e. The molecule has 4 nitrogen and oxygen atoms in total. The van der Waals surface area contributed by atoms with Crippen molar-refractivity contribution in [2.45, 2.75) is 0 Å². The lowest BCUT2D eigenvalue weighted by Crippen LogP contribution is -2.22. The van der Waals surface area contributed by atoms with Gasteiger partial charge in [0, 0.05) is 7.11 Å². The van der Waals surface area contributed by atoms with E-state index in [4.69, 9.17) is 0 Å². The van der Waals surface area contributed by atoms with E-state index in [9.17, 15) is 22.0 Å². The molecule has 1 rings (SSSR count). The van der Waals surface area contributed by atoms with Crippen molar-refractivity contribution in [3.05, 3.63) is 35.4 Å². The van der Waals surface area contributed by atoms with Crippen LogP contribution in [0.25, 0.3) is 0 Å². The number of hydrogen-bond acceptors (Lipinski definition) is 4. The lowest BCUT2D eigenvalue weighted by atomic mass is 10.1. The Bertz CT molecular complexity index is 540. The molecule has 0 N–H and O–H groups in total. The first-order valence-electron chi connectivity index (χ1n) is 5.03. The Morgan fingerprint density at radius 3 is 2.61 bits per heavy atom. The van der Waals surface area contributed by atoms with Crippen LogP contribution in [-0.2, 0) is 14.6 Å². The normalized spacial score (nSPS) is 11.5. The molecule has 0 unspecified atom stereocenters. The second-order valence-corrected chi connectivity index (χ2v) is 5.82.